The summed E-state index contributed by atoms with van der Waals surface area (Å²) in [7, 11) is 0. The number of esters is 1. The van der Waals surface area contributed by atoms with Gasteiger partial charge in [-0.1, -0.05) is 18.2 Å². The van der Waals surface area contributed by atoms with Gasteiger partial charge in [0, 0.05) is 24.1 Å². The number of rotatable bonds is 7. The lowest BCUT2D eigenvalue weighted by Gasteiger charge is -2.09. The van der Waals surface area contributed by atoms with Crippen molar-refractivity contribution in [3.63, 3.8) is 0 Å². The molecule has 3 rings (SSSR count). The Kier molecular flexibility index (Phi) is 6.62. The summed E-state index contributed by atoms with van der Waals surface area (Å²) in [6, 6.07) is 13.8. The molecule has 0 spiro atoms. The smallest absolute Gasteiger partial charge is 0.306 e. The fraction of sp³-hybridized carbons (Fsp3) is 0.286. The number of ether oxygens (including phenoxy) is 3. The van der Waals surface area contributed by atoms with Crippen LogP contribution in [0.5, 0.6) is 11.5 Å². The van der Waals surface area contributed by atoms with Crippen molar-refractivity contribution in [2.75, 3.05) is 25.1 Å². The number of hydrogen-bond acceptors (Lipinski definition) is 6. The molecule has 0 unspecified atom stereocenters. The van der Waals surface area contributed by atoms with E-state index in [4.69, 9.17) is 14.2 Å². The van der Waals surface area contributed by atoms with Crippen molar-refractivity contribution >= 4 is 23.3 Å². The molecule has 1 aliphatic heterocycles. The van der Waals surface area contributed by atoms with E-state index in [1.54, 1.807) is 42.5 Å². The highest BCUT2D eigenvalue weighted by molar-refractivity contribution is 5.98. The van der Waals surface area contributed by atoms with Gasteiger partial charge >= 0.3 is 5.97 Å². The van der Waals surface area contributed by atoms with Crippen molar-refractivity contribution in [3.8, 4) is 11.5 Å². The molecule has 0 saturated heterocycles. The van der Waals surface area contributed by atoms with Gasteiger partial charge in [0.2, 0.25) is 0 Å². The van der Waals surface area contributed by atoms with Gasteiger partial charge < -0.3 is 19.5 Å². The highest BCUT2D eigenvalue weighted by Crippen LogP contribution is 2.30. The molecule has 0 aliphatic carbocycles. The van der Waals surface area contributed by atoms with Crippen molar-refractivity contribution in [2.24, 2.45) is 0 Å². The van der Waals surface area contributed by atoms with Gasteiger partial charge in [-0.15, -0.1) is 0 Å². The fourth-order valence-corrected chi connectivity index (χ4v) is 2.63. The summed E-state index contributed by atoms with van der Waals surface area (Å²) < 4.78 is 16.0. The zero-order valence-corrected chi connectivity index (χ0v) is 15.3. The molecule has 0 saturated carbocycles. The normalized spacial score (nSPS) is 12.6. The standard InChI is InChI=1S/C21H21NO6/c23-17(15-7-9-18-19(13-15)27-12-4-11-26-18)8-10-21(25)28-14-20(24)22-16-5-2-1-3-6-16/h1-3,5-7,9,13H,4,8,10-12,14H2,(H,22,24). The molecule has 0 atom stereocenters. The molecule has 1 N–H and O–H groups in total. The first-order valence-corrected chi connectivity index (χ1v) is 9.05. The molecule has 0 aromatic heterocycles. The summed E-state index contributed by atoms with van der Waals surface area (Å²) in [5.41, 5.74) is 1.06. The van der Waals surface area contributed by atoms with Crippen molar-refractivity contribution in [3.05, 3.63) is 54.1 Å². The van der Waals surface area contributed by atoms with Gasteiger partial charge in [-0.25, -0.2) is 0 Å². The minimum atomic E-state index is -0.606. The molecular formula is C21H21NO6. The first-order chi connectivity index (χ1) is 13.6. The average Bonchev–Trinajstić information content (AvgIpc) is 2.96. The maximum Gasteiger partial charge on any atom is 0.306 e. The second-order valence-corrected chi connectivity index (χ2v) is 6.21. The highest BCUT2D eigenvalue weighted by atomic mass is 16.5. The Labute approximate surface area is 162 Å². The lowest BCUT2D eigenvalue weighted by molar-refractivity contribution is -0.147. The molecule has 0 fully saturated rings. The minimum Gasteiger partial charge on any atom is -0.490 e. The van der Waals surface area contributed by atoms with Crippen molar-refractivity contribution in [1.29, 1.82) is 0 Å². The first kappa shape index (κ1) is 19.4. The molecule has 2 aromatic rings. The molecule has 1 heterocycles. The Morgan fingerprint density at radius 3 is 2.46 bits per heavy atom. The summed E-state index contributed by atoms with van der Waals surface area (Å²) in [6.07, 6.45) is 0.659. The third-order valence-electron chi connectivity index (χ3n) is 4.05. The van der Waals surface area contributed by atoms with Gasteiger partial charge in [-0.05, 0) is 30.3 Å². The molecule has 0 radical (unpaired) electrons. The molecule has 1 aliphatic rings. The number of ketones is 1. The van der Waals surface area contributed by atoms with Crippen LogP contribution in [0.2, 0.25) is 0 Å². The number of carbonyl (C=O) groups is 3. The van der Waals surface area contributed by atoms with Gasteiger partial charge in [0.05, 0.1) is 19.6 Å². The van der Waals surface area contributed by atoms with Crippen LogP contribution in [0.15, 0.2) is 48.5 Å². The Morgan fingerprint density at radius 1 is 0.929 bits per heavy atom. The van der Waals surface area contributed by atoms with E-state index in [9.17, 15) is 14.4 Å². The van der Waals surface area contributed by atoms with Crippen LogP contribution in [-0.2, 0) is 14.3 Å². The van der Waals surface area contributed by atoms with Crippen LogP contribution >= 0.6 is 0 Å². The monoisotopic (exact) mass is 383 g/mol. The van der Waals surface area contributed by atoms with E-state index in [0.29, 0.717) is 36.0 Å². The third-order valence-corrected chi connectivity index (χ3v) is 4.05. The molecule has 0 bridgehead atoms. The SMILES string of the molecule is O=C(COC(=O)CCC(=O)c1ccc2c(c1)OCCCO2)Nc1ccccc1. The third kappa shape index (κ3) is 5.57. The minimum absolute atomic E-state index is 0.0151. The Morgan fingerprint density at radius 2 is 1.68 bits per heavy atom. The molecule has 2 aromatic carbocycles. The lowest BCUT2D eigenvalue weighted by atomic mass is 10.1. The van der Waals surface area contributed by atoms with Crippen LogP contribution < -0.4 is 14.8 Å². The predicted octanol–water partition coefficient (Wildman–Crippen LogP) is 2.99. The maximum atomic E-state index is 12.3. The van der Waals surface area contributed by atoms with Crippen molar-refractivity contribution in [2.45, 2.75) is 19.3 Å². The van der Waals surface area contributed by atoms with E-state index in [1.807, 2.05) is 6.07 Å². The Bertz CT molecular complexity index is 849. The molecule has 28 heavy (non-hydrogen) atoms. The second kappa shape index (κ2) is 9.55. The zero-order valence-electron chi connectivity index (χ0n) is 15.3. The lowest BCUT2D eigenvalue weighted by Crippen LogP contribution is -2.21. The van der Waals surface area contributed by atoms with E-state index in [1.165, 1.54) is 0 Å². The van der Waals surface area contributed by atoms with E-state index in [-0.39, 0.29) is 18.6 Å². The quantitative estimate of drug-likeness (QED) is 0.584. The van der Waals surface area contributed by atoms with E-state index in [0.717, 1.165) is 6.42 Å². The summed E-state index contributed by atoms with van der Waals surface area (Å²) in [5.74, 6) is -0.109. The number of nitrogens with one attached hydrogen (secondary N) is 1. The van der Waals surface area contributed by atoms with E-state index < -0.39 is 18.5 Å². The molecule has 1 amide bonds. The number of para-hydroxylation sites is 1. The number of amides is 1. The van der Waals surface area contributed by atoms with Crippen molar-refractivity contribution < 1.29 is 28.6 Å². The second-order valence-electron chi connectivity index (χ2n) is 6.21. The summed E-state index contributed by atoms with van der Waals surface area (Å²) in [5, 5.41) is 2.61. The summed E-state index contributed by atoms with van der Waals surface area (Å²) in [6.45, 7) is 0.706. The van der Waals surface area contributed by atoms with Gasteiger partial charge in [-0.2, -0.15) is 0 Å². The molecular weight excluding hydrogens is 362 g/mol. The molecule has 7 heteroatoms. The number of benzene rings is 2. The Hall–Kier alpha value is -3.35. The summed E-state index contributed by atoms with van der Waals surface area (Å²) in [4.78, 5) is 35.9. The molecule has 7 nitrogen and oxygen atoms in total. The van der Waals surface area contributed by atoms with E-state index >= 15 is 0 Å². The van der Waals surface area contributed by atoms with Crippen molar-refractivity contribution in [1.82, 2.24) is 0 Å². The number of anilines is 1. The maximum absolute atomic E-state index is 12.3. The first-order valence-electron chi connectivity index (χ1n) is 9.05. The van der Waals surface area contributed by atoms with Crippen LogP contribution in [0.1, 0.15) is 29.6 Å². The van der Waals surface area contributed by atoms with Gasteiger partial charge in [0.25, 0.3) is 5.91 Å². The van der Waals surface area contributed by atoms with Crippen LogP contribution in [0, 0.1) is 0 Å². The zero-order chi connectivity index (χ0) is 19.8. The number of hydrogen-bond donors (Lipinski definition) is 1. The van der Waals surface area contributed by atoms with Crippen LogP contribution in [-0.4, -0.2) is 37.5 Å². The van der Waals surface area contributed by atoms with Crippen LogP contribution in [0.3, 0.4) is 0 Å². The fourth-order valence-electron chi connectivity index (χ4n) is 2.63. The number of fused-ring (bicyclic) bond motifs is 1. The van der Waals surface area contributed by atoms with Gasteiger partial charge in [0.1, 0.15) is 0 Å². The largest absolute Gasteiger partial charge is 0.490 e. The molecule has 146 valence electrons. The Balaban J connectivity index is 1.43. The summed E-state index contributed by atoms with van der Waals surface area (Å²) >= 11 is 0. The highest BCUT2D eigenvalue weighted by Gasteiger charge is 2.16. The van der Waals surface area contributed by atoms with Gasteiger partial charge in [-0.3, -0.25) is 14.4 Å². The predicted molar refractivity (Wildman–Crippen MR) is 102 cm³/mol. The van der Waals surface area contributed by atoms with Gasteiger partial charge in [0.15, 0.2) is 23.9 Å². The topological polar surface area (TPSA) is 90.9 Å². The van der Waals surface area contributed by atoms with Crippen LogP contribution in [0.25, 0.3) is 0 Å². The average molecular weight is 383 g/mol. The number of Topliss-reactive ketones (excluding diaryl/α,β-unsaturated/α-hetero) is 1. The number of carbonyl (C=O) groups excluding carboxylic acids is 3. The van der Waals surface area contributed by atoms with Crippen LogP contribution in [0.4, 0.5) is 5.69 Å². The van der Waals surface area contributed by atoms with E-state index in [2.05, 4.69) is 5.32 Å².